The van der Waals surface area contributed by atoms with Gasteiger partial charge in [0.15, 0.2) is 18.1 Å². The predicted molar refractivity (Wildman–Crippen MR) is 141 cm³/mol. The molecule has 1 aliphatic carbocycles. The number of hydrogen-bond acceptors (Lipinski definition) is 5. The van der Waals surface area contributed by atoms with Gasteiger partial charge in [0, 0.05) is 43.8 Å². The molecule has 3 unspecified atom stereocenters. The van der Waals surface area contributed by atoms with Crippen molar-refractivity contribution in [3.8, 4) is 6.07 Å². The van der Waals surface area contributed by atoms with Crippen molar-refractivity contribution < 1.29 is 32.4 Å². The molecule has 9 nitrogen and oxygen atoms in total. The molecule has 6 rings (SSSR count). The number of carbonyl (C=O) groups excluding carboxylic acids is 4. The summed E-state index contributed by atoms with van der Waals surface area (Å²) in [6, 6.07) is 1.25. The van der Waals surface area contributed by atoms with E-state index < -0.39 is 63.6 Å². The summed E-state index contributed by atoms with van der Waals surface area (Å²) in [5.74, 6) is -3.89. The van der Waals surface area contributed by atoms with Gasteiger partial charge in [0.2, 0.25) is 5.91 Å². The molecule has 4 aliphatic heterocycles. The zero-order valence-electron chi connectivity index (χ0n) is 23.5. The minimum Gasteiger partial charge on any atom is -0.356 e. The SMILES string of the molecule is CC1(C)[C@@H]2[C@H]3C(=O)[N+]4(C)C(CCC[C@H]5CCNC(=O)C5C[C@H]4C#N)[C@H](NC(=O)c4ccc(F)cc4F)C(=O)N3C[C@@H]21. The molecule has 0 radical (unpaired) electrons. The zero-order valence-corrected chi connectivity index (χ0v) is 23.5. The number of likely N-dealkylation sites (N-methyl/N-ethyl adjacent to an activating group) is 1. The van der Waals surface area contributed by atoms with Crippen molar-refractivity contribution in [3.05, 3.63) is 35.4 Å². The molecule has 1 aromatic carbocycles. The van der Waals surface area contributed by atoms with Gasteiger partial charge < -0.3 is 15.5 Å². The second-order valence-corrected chi connectivity index (χ2v) is 13.3. The third-order valence-electron chi connectivity index (χ3n) is 11.1. The van der Waals surface area contributed by atoms with E-state index in [0.717, 1.165) is 18.6 Å². The topological polar surface area (TPSA) is 119 Å². The number of quaternary nitrogens is 1. The van der Waals surface area contributed by atoms with Crippen molar-refractivity contribution in [1.82, 2.24) is 15.5 Å². The number of rotatable bonds is 2. The fourth-order valence-corrected chi connectivity index (χ4v) is 8.56. The number of benzene rings is 1. The van der Waals surface area contributed by atoms with Gasteiger partial charge in [-0.15, -0.1) is 0 Å². The van der Waals surface area contributed by atoms with Gasteiger partial charge in [-0.05, 0) is 48.6 Å². The van der Waals surface area contributed by atoms with Crippen molar-refractivity contribution in [2.45, 2.75) is 70.1 Å². The lowest BCUT2D eigenvalue weighted by Crippen LogP contribution is -2.69. The number of fused-ring (bicyclic) bond motifs is 5. The molecule has 4 heterocycles. The van der Waals surface area contributed by atoms with Crippen LogP contribution in [-0.2, 0) is 14.4 Å². The Kier molecular flexibility index (Phi) is 6.49. The van der Waals surface area contributed by atoms with E-state index in [0.29, 0.717) is 38.4 Å². The number of nitriles is 1. The molecule has 41 heavy (non-hydrogen) atoms. The van der Waals surface area contributed by atoms with Crippen molar-refractivity contribution in [2.24, 2.45) is 29.1 Å². The van der Waals surface area contributed by atoms with Gasteiger partial charge in [-0.3, -0.25) is 14.4 Å². The van der Waals surface area contributed by atoms with Crippen LogP contribution >= 0.6 is 0 Å². The van der Waals surface area contributed by atoms with Crippen molar-refractivity contribution >= 4 is 23.6 Å². The van der Waals surface area contributed by atoms with Crippen LogP contribution in [0.25, 0.3) is 0 Å². The Labute approximate surface area is 237 Å². The number of nitrogens with one attached hydrogen (secondary N) is 2. The minimum atomic E-state index is -1.21. The highest BCUT2D eigenvalue weighted by molar-refractivity contribution is 5.99. The fourth-order valence-electron chi connectivity index (χ4n) is 8.56. The minimum absolute atomic E-state index is 0.0524. The molecule has 0 spiro atoms. The van der Waals surface area contributed by atoms with Gasteiger partial charge in [0.05, 0.1) is 12.6 Å². The molecule has 1 saturated carbocycles. The molecule has 9 atom stereocenters. The summed E-state index contributed by atoms with van der Waals surface area (Å²) in [7, 11) is 1.68. The standard InChI is InChI=1S/C30H35F2N5O4/c1-30(2)20-14-36-25(23(20)30)29(41)37(3)17(13-33)12-19-15(9-10-34-26(19)38)5-4-6-22(37)24(28(36)40)35-27(39)18-8-7-16(31)11-21(18)32/h7-8,11,15,17,19-20,22-25H,4-6,9-10,12,14H2,1-3H3,(H-,34,35,38,39)/p+1/t15-,17-,19?,20-,22?,23-,24-,25-,37?/m0/s1. The summed E-state index contributed by atoms with van der Waals surface area (Å²) < 4.78 is 27.8. The Morgan fingerprint density at radius 3 is 2.66 bits per heavy atom. The van der Waals surface area contributed by atoms with E-state index in [2.05, 4.69) is 30.6 Å². The molecule has 218 valence electrons. The van der Waals surface area contributed by atoms with E-state index >= 15 is 0 Å². The van der Waals surface area contributed by atoms with Gasteiger partial charge in [0.1, 0.15) is 23.7 Å². The van der Waals surface area contributed by atoms with Gasteiger partial charge >= 0.3 is 5.91 Å². The number of amides is 4. The van der Waals surface area contributed by atoms with Crippen LogP contribution in [0, 0.1) is 52.1 Å². The van der Waals surface area contributed by atoms with E-state index in [4.69, 9.17) is 0 Å². The smallest absolute Gasteiger partial charge is 0.337 e. The number of halogens is 2. The number of carbonyl (C=O) groups is 4. The van der Waals surface area contributed by atoms with E-state index in [1.165, 1.54) is 0 Å². The van der Waals surface area contributed by atoms with Crippen LogP contribution < -0.4 is 10.6 Å². The second-order valence-electron chi connectivity index (χ2n) is 13.3. The first-order chi connectivity index (χ1) is 19.4. The van der Waals surface area contributed by atoms with E-state index in [1.807, 2.05) is 0 Å². The summed E-state index contributed by atoms with van der Waals surface area (Å²) in [5.41, 5.74) is -0.559. The highest BCUT2D eigenvalue weighted by atomic mass is 19.1. The van der Waals surface area contributed by atoms with Crippen LogP contribution in [-0.4, -0.2) is 77.3 Å². The van der Waals surface area contributed by atoms with Crippen molar-refractivity contribution in [1.29, 1.82) is 5.26 Å². The Hall–Kier alpha value is -3.39. The van der Waals surface area contributed by atoms with E-state index in [9.17, 15) is 33.2 Å². The Bertz CT molecular complexity index is 1380. The molecule has 5 fully saturated rings. The molecule has 1 aromatic rings. The molecule has 11 heteroatoms. The van der Waals surface area contributed by atoms with Gasteiger partial charge in [-0.25, -0.2) is 18.1 Å². The Morgan fingerprint density at radius 1 is 1.20 bits per heavy atom. The predicted octanol–water partition coefficient (Wildman–Crippen LogP) is 2.12. The first-order valence-electron chi connectivity index (χ1n) is 14.5. The summed E-state index contributed by atoms with van der Waals surface area (Å²) in [6.07, 6.45) is 2.57. The van der Waals surface area contributed by atoms with Crippen LogP contribution in [0.15, 0.2) is 18.2 Å². The van der Waals surface area contributed by atoms with Gasteiger partial charge in [-0.1, -0.05) is 13.8 Å². The first-order valence-corrected chi connectivity index (χ1v) is 14.5. The highest BCUT2D eigenvalue weighted by Gasteiger charge is 2.74. The molecule has 0 aromatic heterocycles. The maximum Gasteiger partial charge on any atom is 0.337 e. The number of hydrogen-bond donors (Lipinski definition) is 2. The molecule has 4 saturated heterocycles. The van der Waals surface area contributed by atoms with Crippen LogP contribution in [0.2, 0.25) is 0 Å². The van der Waals surface area contributed by atoms with Crippen LogP contribution in [0.4, 0.5) is 8.78 Å². The lowest BCUT2D eigenvalue weighted by atomic mass is 9.79. The lowest BCUT2D eigenvalue weighted by molar-refractivity contribution is -0.879. The van der Waals surface area contributed by atoms with E-state index in [1.54, 1.807) is 11.9 Å². The fraction of sp³-hybridized carbons (Fsp3) is 0.633. The zero-order chi connectivity index (χ0) is 29.4. The molecular weight excluding hydrogens is 532 g/mol. The second kappa shape index (κ2) is 9.58. The third kappa shape index (κ3) is 4.09. The normalized spacial score (nSPS) is 39.3. The average Bonchev–Trinajstić information content (AvgIpc) is 3.25. The largest absolute Gasteiger partial charge is 0.356 e. The molecular formula is C30H36F2N5O4+. The summed E-state index contributed by atoms with van der Waals surface area (Å²) in [6.45, 7) is 5.07. The molecule has 5 aliphatic rings. The van der Waals surface area contributed by atoms with Crippen LogP contribution in [0.1, 0.15) is 56.3 Å². The molecule has 4 amide bonds. The third-order valence-corrected chi connectivity index (χ3v) is 11.1. The van der Waals surface area contributed by atoms with Gasteiger partial charge in [0.25, 0.3) is 11.8 Å². The quantitative estimate of drug-likeness (QED) is 0.530. The maximum atomic E-state index is 14.7. The monoisotopic (exact) mass is 568 g/mol. The van der Waals surface area contributed by atoms with Crippen molar-refractivity contribution in [2.75, 3.05) is 20.1 Å². The average molecular weight is 569 g/mol. The highest BCUT2D eigenvalue weighted by Crippen LogP contribution is 2.66. The molecule has 0 bridgehead atoms. The lowest BCUT2D eigenvalue weighted by Gasteiger charge is -2.44. The van der Waals surface area contributed by atoms with Crippen molar-refractivity contribution in [3.63, 3.8) is 0 Å². The maximum absolute atomic E-state index is 14.7. The summed E-state index contributed by atoms with van der Waals surface area (Å²) in [5, 5.41) is 16.2. The Balaban J connectivity index is 1.45. The van der Waals surface area contributed by atoms with Crippen LogP contribution in [0.3, 0.4) is 0 Å². The van der Waals surface area contributed by atoms with Gasteiger partial charge in [-0.2, -0.15) is 5.26 Å². The summed E-state index contributed by atoms with van der Waals surface area (Å²) >= 11 is 0. The van der Waals surface area contributed by atoms with Crippen LogP contribution in [0.5, 0.6) is 0 Å². The number of nitrogens with zero attached hydrogens (tertiary/aromatic N) is 3. The first kappa shape index (κ1) is 27.8. The molecule has 2 N–H and O–H groups in total. The Morgan fingerprint density at radius 2 is 1.95 bits per heavy atom. The van der Waals surface area contributed by atoms with E-state index in [-0.39, 0.29) is 41.4 Å². The number of piperidine rings is 2. The summed E-state index contributed by atoms with van der Waals surface area (Å²) in [4.78, 5) is 57.0.